The number of ether oxygens (including phenoxy) is 1. The van der Waals surface area contributed by atoms with E-state index in [1.165, 1.54) is 7.11 Å². The number of rotatable bonds is 7. The summed E-state index contributed by atoms with van der Waals surface area (Å²) in [7, 11) is 1.41. The molecule has 0 amide bonds. The second-order valence-electron chi connectivity index (χ2n) is 5.51. The molecule has 0 atom stereocenters. The molecule has 16 heavy (non-hydrogen) atoms. The Balaban J connectivity index is 4.42. The zero-order valence-corrected chi connectivity index (χ0v) is 11.4. The molecule has 0 aliphatic rings. The van der Waals surface area contributed by atoms with E-state index in [0.29, 0.717) is 24.7 Å². The molecule has 0 heterocycles. The van der Waals surface area contributed by atoms with Crippen molar-refractivity contribution in [3.05, 3.63) is 0 Å². The van der Waals surface area contributed by atoms with Crippen LogP contribution in [0.5, 0.6) is 0 Å². The first-order valence-electron chi connectivity index (χ1n) is 6.19. The molecule has 0 aromatic rings. The molecule has 0 radical (unpaired) electrons. The Kier molecular flexibility index (Phi) is 6.65. The maximum Gasteiger partial charge on any atom is 0.325 e. The Morgan fingerprint density at radius 2 is 1.50 bits per heavy atom. The summed E-state index contributed by atoms with van der Waals surface area (Å²) in [4.78, 5) is 11.7. The first kappa shape index (κ1) is 15.4. The summed E-state index contributed by atoms with van der Waals surface area (Å²) in [6, 6.07) is 0. The van der Waals surface area contributed by atoms with Crippen molar-refractivity contribution >= 4 is 5.97 Å². The van der Waals surface area contributed by atoms with Gasteiger partial charge in [-0.25, -0.2) is 0 Å². The van der Waals surface area contributed by atoms with Crippen LogP contribution in [-0.4, -0.2) is 18.6 Å². The van der Waals surface area contributed by atoms with Gasteiger partial charge in [-0.15, -0.1) is 0 Å². The molecule has 0 aliphatic carbocycles. The summed E-state index contributed by atoms with van der Waals surface area (Å²) >= 11 is 0. The lowest BCUT2D eigenvalue weighted by molar-refractivity contribution is -0.147. The van der Waals surface area contributed by atoms with Crippen LogP contribution in [0.3, 0.4) is 0 Å². The topological polar surface area (TPSA) is 52.3 Å². The van der Waals surface area contributed by atoms with Gasteiger partial charge in [0.1, 0.15) is 5.54 Å². The van der Waals surface area contributed by atoms with Gasteiger partial charge in [0.15, 0.2) is 0 Å². The van der Waals surface area contributed by atoms with Crippen molar-refractivity contribution in [1.82, 2.24) is 0 Å². The molecular weight excluding hydrogens is 202 g/mol. The SMILES string of the molecule is COC(=O)C(N)(CCC(C)C)CCC(C)C. The van der Waals surface area contributed by atoms with Crippen LogP contribution < -0.4 is 5.73 Å². The minimum absolute atomic E-state index is 0.270. The van der Waals surface area contributed by atoms with Gasteiger partial charge in [0.2, 0.25) is 0 Å². The van der Waals surface area contributed by atoms with Crippen molar-refractivity contribution in [2.75, 3.05) is 7.11 Å². The van der Waals surface area contributed by atoms with E-state index >= 15 is 0 Å². The molecule has 0 rings (SSSR count). The summed E-state index contributed by atoms with van der Waals surface area (Å²) < 4.78 is 4.82. The number of carbonyl (C=O) groups excluding carboxylic acids is 1. The fourth-order valence-electron chi connectivity index (χ4n) is 1.62. The average Bonchev–Trinajstić information content (AvgIpc) is 2.22. The molecular formula is C13H27NO2. The zero-order valence-electron chi connectivity index (χ0n) is 11.4. The van der Waals surface area contributed by atoms with Crippen LogP contribution in [0.4, 0.5) is 0 Å². The van der Waals surface area contributed by atoms with E-state index in [0.717, 1.165) is 12.8 Å². The number of esters is 1. The third-order valence-electron chi connectivity index (χ3n) is 2.93. The molecule has 3 nitrogen and oxygen atoms in total. The Labute approximate surface area is 99.7 Å². The first-order valence-corrected chi connectivity index (χ1v) is 6.19. The fourth-order valence-corrected chi connectivity index (χ4v) is 1.62. The van der Waals surface area contributed by atoms with E-state index in [9.17, 15) is 4.79 Å². The summed E-state index contributed by atoms with van der Waals surface area (Å²) in [6.45, 7) is 8.56. The molecule has 0 fully saturated rings. The summed E-state index contributed by atoms with van der Waals surface area (Å²) in [5, 5.41) is 0. The number of nitrogens with two attached hydrogens (primary N) is 1. The largest absolute Gasteiger partial charge is 0.468 e. The lowest BCUT2D eigenvalue weighted by atomic mass is 9.85. The van der Waals surface area contributed by atoms with Gasteiger partial charge in [-0.1, -0.05) is 27.7 Å². The van der Waals surface area contributed by atoms with Gasteiger partial charge < -0.3 is 10.5 Å². The quantitative estimate of drug-likeness (QED) is 0.683. The highest BCUT2D eigenvalue weighted by atomic mass is 16.5. The van der Waals surface area contributed by atoms with Gasteiger partial charge in [0.05, 0.1) is 7.11 Å². The second kappa shape index (κ2) is 6.89. The fraction of sp³-hybridized carbons (Fsp3) is 0.923. The van der Waals surface area contributed by atoms with E-state index in [4.69, 9.17) is 10.5 Å². The van der Waals surface area contributed by atoms with Crippen LogP contribution in [-0.2, 0) is 9.53 Å². The molecule has 0 aliphatic heterocycles. The Hall–Kier alpha value is -0.570. The molecule has 0 saturated heterocycles. The van der Waals surface area contributed by atoms with Crippen LogP contribution in [0.2, 0.25) is 0 Å². The Morgan fingerprint density at radius 1 is 1.12 bits per heavy atom. The maximum atomic E-state index is 11.7. The van der Waals surface area contributed by atoms with Gasteiger partial charge in [-0.3, -0.25) is 4.79 Å². The van der Waals surface area contributed by atoms with Gasteiger partial charge in [-0.2, -0.15) is 0 Å². The number of methoxy groups -OCH3 is 1. The lowest BCUT2D eigenvalue weighted by Crippen LogP contribution is -2.49. The summed E-state index contributed by atoms with van der Waals surface area (Å²) in [5.41, 5.74) is 5.39. The third-order valence-corrected chi connectivity index (χ3v) is 2.93. The van der Waals surface area contributed by atoms with Gasteiger partial charge in [-0.05, 0) is 37.5 Å². The lowest BCUT2D eigenvalue weighted by Gasteiger charge is -2.28. The minimum atomic E-state index is -0.788. The second-order valence-corrected chi connectivity index (χ2v) is 5.51. The van der Waals surface area contributed by atoms with Crippen molar-refractivity contribution in [3.8, 4) is 0 Å². The summed E-state index contributed by atoms with van der Waals surface area (Å²) in [6.07, 6.45) is 3.35. The van der Waals surface area contributed by atoms with Crippen molar-refractivity contribution in [2.24, 2.45) is 17.6 Å². The normalized spacial score (nSPS) is 12.2. The van der Waals surface area contributed by atoms with Crippen LogP contribution in [0.1, 0.15) is 53.4 Å². The standard InChI is InChI=1S/C13H27NO2/c1-10(2)6-8-13(14,12(15)16-5)9-7-11(3)4/h10-11H,6-9,14H2,1-5H3. The van der Waals surface area contributed by atoms with E-state index in [2.05, 4.69) is 27.7 Å². The maximum absolute atomic E-state index is 11.7. The molecule has 0 unspecified atom stereocenters. The van der Waals surface area contributed by atoms with Crippen LogP contribution >= 0.6 is 0 Å². The Bertz CT molecular complexity index is 200. The highest BCUT2D eigenvalue weighted by Gasteiger charge is 2.34. The van der Waals surface area contributed by atoms with Gasteiger partial charge >= 0.3 is 5.97 Å². The first-order chi connectivity index (χ1) is 7.31. The van der Waals surface area contributed by atoms with E-state index < -0.39 is 5.54 Å². The Morgan fingerprint density at radius 3 is 1.75 bits per heavy atom. The van der Waals surface area contributed by atoms with Crippen molar-refractivity contribution in [3.63, 3.8) is 0 Å². The van der Waals surface area contributed by atoms with Crippen molar-refractivity contribution < 1.29 is 9.53 Å². The predicted octanol–water partition coefficient (Wildman–Crippen LogP) is 2.73. The molecule has 0 bridgehead atoms. The summed E-state index contributed by atoms with van der Waals surface area (Å²) in [5.74, 6) is 0.854. The van der Waals surface area contributed by atoms with E-state index in [1.807, 2.05) is 0 Å². The highest BCUT2D eigenvalue weighted by Crippen LogP contribution is 2.23. The van der Waals surface area contributed by atoms with Gasteiger partial charge in [0.25, 0.3) is 0 Å². The van der Waals surface area contributed by atoms with Crippen LogP contribution in [0, 0.1) is 11.8 Å². The molecule has 0 aromatic heterocycles. The van der Waals surface area contributed by atoms with Crippen molar-refractivity contribution in [2.45, 2.75) is 58.9 Å². The molecule has 3 heteroatoms. The molecule has 2 N–H and O–H groups in total. The van der Waals surface area contributed by atoms with Gasteiger partial charge in [0, 0.05) is 0 Å². The number of hydrogen-bond donors (Lipinski definition) is 1. The van der Waals surface area contributed by atoms with E-state index in [1.54, 1.807) is 0 Å². The molecule has 0 aromatic carbocycles. The van der Waals surface area contributed by atoms with E-state index in [-0.39, 0.29) is 5.97 Å². The molecule has 96 valence electrons. The van der Waals surface area contributed by atoms with Crippen LogP contribution in [0.25, 0.3) is 0 Å². The minimum Gasteiger partial charge on any atom is -0.468 e. The highest BCUT2D eigenvalue weighted by molar-refractivity contribution is 5.80. The van der Waals surface area contributed by atoms with Crippen LogP contribution in [0.15, 0.2) is 0 Å². The zero-order chi connectivity index (χ0) is 12.8. The average molecular weight is 229 g/mol. The number of carbonyl (C=O) groups is 1. The number of hydrogen-bond acceptors (Lipinski definition) is 3. The smallest absolute Gasteiger partial charge is 0.325 e. The third kappa shape index (κ3) is 5.50. The van der Waals surface area contributed by atoms with Crippen molar-refractivity contribution in [1.29, 1.82) is 0 Å². The monoisotopic (exact) mass is 229 g/mol. The molecule has 0 spiro atoms. The predicted molar refractivity (Wildman–Crippen MR) is 67.1 cm³/mol. The molecule has 0 saturated carbocycles.